The molecule has 7 unspecified atom stereocenters. The van der Waals surface area contributed by atoms with Gasteiger partial charge in [0.25, 0.3) is 0 Å². The summed E-state index contributed by atoms with van der Waals surface area (Å²) in [5, 5.41) is 54.7. The minimum Gasteiger partial charge on any atom is -0.466 e. The molecule has 1 aliphatic rings. The first-order valence-corrected chi connectivity index (χ1v) is 42.1. The van der Waals surface area contributed by atoms with Crippen LogP contribution in [0.3, 0.4) is 0 Å². The second-order valence-electron chi connectivity index (χ2n) is 29.2. The molecule has 0 spiro atoms. The van der Waals surface area contributed by atoms with E-state index in [0.717, 1.165) is 70.6 Å². The number of aliphatic hydroxyl groups is 5. The van der Waals surface area contributed by atoms with Crippen molar-refractivity contribution in [3.05, 3.63) is 60.8 Å². The molecule has 1 heterocycles. The highest BCUT2D eigenvalue weighted by Crippen LogP contribution is 2.24. The maximum absolute atomic E-state index is 13.1. The maximum atomic E-state index is 13.1. The number of unbranched alkanes of at least 4 members (excludes halogenated alkanes) is 53. The molecule has 1 rings (SSSR count). The second-order valence-corrected chi connectivity index (χ2v) is 29.2. The molecule has 0 bridgehead atoms. The topological polar surface area (TPSA) is 175 Å². The molecule has 6 N–H and O–H groups in total. The predicted molar refractivity (Wildman–Crippen MR) is 412 cm³/mol. The van der Waals surface area contributed by atoms with Crippen LogP contribution in [0.4, 0.5) is 0 Å². The highest BCUT2D eigenvalue weighted by atomic mass is 16.7. The smallest absolute Gasteiger partial charge is 0.305 e. The molecular formula is C86H159NO10. The number of amides is 1. The van der Waals surface area contributed by atoms with Crippen molar-refractivity contribution in [1.29, 1.82) is 0 Å². The van der Waals surface area contributed by atoms with Crippen LogP contribution in [-0.2, 0) is 23.8 Å². The Balaban J connectivity index is 1.91. The lowest BCUT2D eigenvalue weighted by Crippen LogP contribution is -2.60. The van der Waals surface area contributed by atoms with E-state index >= 15 is 0 Å². The molecule has 568 valence electrons. The van der Waals surface area contributed by atoms with Gasteiger partial charge in [0.2, 0.25) is 5.91 Å². The summed E-state index contributed by atoms with van der Waals surface area (Å²) in [5.41, 5.74) is 0. The Morgan fingerprint density at radius 1 is 0.381 bits per heavy atom. The van der Waals surface area contributed by atoms with Crippen LogP contribution in [0.1, 0.15) is 412 Å². The number of allylic oxidation sites excluding steroid dienone is 9. The first-order chi connectivity index (χ1) is 47.7. The molecule has 1 saturated heterocycles. The standard InChI is InChI=1S/C86H159NO10/c1-3-5-7-9-11-13-15-17-44-48-52-56-60-64-68-72-79(89)78(77-96-86-85(94)84(93)83(92)80(76-88)97-86)87-81(90)73-69-65-61-57-53-49-46-42-40-38-36-34-32-30-28-26-24-22-20-19-21-23-25-27-29-31-33-35-37-39-41-43-47-51-55-59-63-67-71-75-95-82(91)74-70-66-62-58-54-50-45-18-16-14-12-10-8-6-4-2/h12,14,18-20,23,25,45,68,72,78-80,83-86,88-89,92-94H,3-11,13,15-17,21-22,24,26-44,46-67,69-71,73-77H2,1-2H3,(H,87,90)/b14-12-,20-19-,25-23-,45-18-,72-68+. The van der Waals surface area contributed by atoms with Crippen LogP contribution in [0.25, 0.3) is 0 Å². The van der Waals surface area contributed by atoms with Gasteiger partial charge in [-0.2, -0.15) is 0 Å². The van der Waals surface area contributed by atoms with E-state index in [4.69, 9.17) is 14.2 Å². The number of ether oxygens (including phenoxy) is 3. The fourth-order valence-electron chi connectivity index (χ4n) is 13.3. The van der Waals surface area contributed by atoms with Gasteiger partial charge in [0.1, 0.15) is 24.4 Å². The van der Waals surface area contributed by atoms with Gasteiger partial charge in [0.05, 0.1) is 32.0 Å². The van der Waals surface area contributed by atoms with Gasteiger partial charge in [0, 0.05) is 12.8 Å². The van der Waals surface area contributed by atoms with Gasteiger partial charge in [-0.3, -0.25) is 9.59 Å². The minimum atomic E-state index is -1.57. The number of carbonyl (C=O) groups is 2. The Morgan fingerprint density at radius 2 is 0.691 bits per heavy atom. The van der Waals surface area contributed by atoms with E-state index in [1.165, 1.54) is 315 Å². The summed E-state index contributed by atoms with van der Waals surface area (Å²) in [5.74, 6) is -0.175. The number of hydrogen-bond acceptors (Lipinski definition) is 10. The maximum Gasteiger partial charge on any atom is 0.305 e. The normalized spacial score (nSPS) is 17.5. The lowest BCUT2D eigenvalue weighted by Gasteiger charge is -2.40. The van der Waals surface area contributed by atoms with E-state index in [1.54, 1.807) is 6.08 Å². The van der Waals surface area contributed by atoms with Crippen molar-refractivity contribution in [2.75, 3.05) is 19.8 Å². The summed E-state index contributed by atoms with van der Waals surface area (Å²) >= 11 is 0. The van der Waals surface area contributed by atoms with Crippen molar-refractivity contribution < 1.29 is 49.3 Å². The highest BCUT2D eigenvalue weighted by Gasteiger charge is 2.44. The van der Waals surface area contributed by atoms with Gasteiger partial charge < -0.3 is 45.1 Å². The van der Waals surface area contributed by atoms with Crippen molar-refractivity contribution in [2.45, 2.75) is 455 Å². The Hall–Kier alpha value is -2.64. The summed E-state index contributed by atoms with van der Waals surface area (Å²) < 4.78 is 16.8. The molecule has 0 aromatic rings. The summed E-state index contributed by atoms with van der Waals surface area (Å²) in [7, 11) is 0. The van der Waals surface area contributed by atoms with Crippen LogP contribution in [0, 0.1) is 0 Å². The van der Waals surface area contributed by atoms with Crippen molar-refractivity contribution in [2.24, 2.45) is 0 Å². The third kappa shape index (κ3) is 62.8. The van der Waals surface area contributed by atoms with Crippen LogP contribution in [0.5, 0.6) is 0 Å². The molecule has 97 heavy (non-hydrogen) atoms. The lowest BCUT2D eigenvalue weighted by atomic mass is 9.99. The van der Waals surface area contributed by atoms with Gasteiger partial charge in [-0.1, -0.05) is 364 Å². The third-order valence-corrected chi connectivity index (χ3v) is 19.8. The van der Waals surface area contributed by atoms with Crippen LogP contribution >= 0.6 is 0 Å². The van der Waals surface area contributed by atoms with Crippen molar-refractivity contribution in [3.8, 4) is 0 Å². The molecule has 0 saturated carbocycles. The molecule has 11 heteroatoms. The Morgan fingerprint density at radius 3 is 1.06 bits per heavy atom. The summed E-state index contributed by atoms with van der Waals surface area (Å²) in [4.78, 5) is 25.2. The zero-order valence-electron chi connectivity index (χ0n) is 63.6. The molecule has 0 aliphatic carbocycles. The molecule has 7 atom stereocenters. The molecule has 1 fully saturated rings. The molecule has 11 nitrogen and oxygen atoms in total. The van der Waals surface area contributed by atoms with Crippen molar-refractivity contribution in [1.82, 2.24) is 5.32 Å². The van der Waals surface area contributed by atoms with E-state index in [1.807, 2.05) is 6.08 Å². The first kappa shape index (κ1) is 92.4. The quantitative estimate of drug-likeness (QED) is 0.0195. The van der Waals surface area contributed by atoms with E-state index in [-0.39, 0.29) is 18.5 Å². The lowest BCUT2D eigenvalue weighted by molar-refractivity contribution is -0.302. The summed E-state index contributed by atoms with van der Waals surface area (Å²) in [6, 6.07) is -0.809. The number of esters is 1. The van der Waals surface area contributed by atoms with Gasteiger partial charge in [-0.05, 0) is 96.3 Å². The Kier molecular flexibility index (Phi) is 71.0. The summed E-state index contributed by atoms with van der Waals surface area (Å²) in [6.45, 7) is 4.37. The zero-order valence-corrected chi connectivity index (χ0v) is 63.6. The molecule has 1 aliphatic heterocycles. The molecule has 0 aromatic carbocycles. The number of hydrogen-bond donors (Lipinski definition) is 6. The molecular weight excluding hydrogens is 1210 g/mol. The number of aliphatic hydroxyl groups excluding tert-OH is 5. The van der Waals surface area contributed by atoms with Crippen LogP contribution in [-0.4, -0.2) is 100 Å². The molecule has 0 radical (unpaired) electrons. The SMILES string of the molecule is CCCCC/C=C\C/C=C\CCCCCCCC(=O)OCCCCCCCCCCCCCCCCC/C=C\C/C=C\CCCCCCCCCCCCCCCCCCCC(=O)NC(COC1OC(CO)C(O)C(O)C1O)C(O)/C=C/CCCCCCCCCCCCCCC. The summed E-state index contributed by atoms with van der Waals surface area (Å²) in [6.07, 6.45) is 91.1. The van der Waals surface area contributed by atoms with Crippen LogP contribution < -0.4 is 5.32 Å². The highest BCUT2D eigenvalue weighted by molar-refractivity contribution is 5.76. The third-order valence-electron chi connectivity index (χ3n) is 19.8. The van der Waals surface area contributed by atoms with E-state index in [0.29, 0.717) is 19.4 Å². The molecule has 1 amide bonds. The van der Waals surface area contributed by atoms with E-state index < -0.39 is 49.5 Å². The number of nitrogens with one attached hydrogen (secondary N) is 1. The van der Waals surface area contributed by atoms with Gasteiger partial charge in [0.15, 0.2) is 6.29 Å². The fourth-order valence-corrected chi connectivity index (χ4v) is 13.3. The van der Waals surface area contributed by atoms with Crippen molar-refractivity contribution >= 4 is 11.9 Å². The average molecular weight is 1370 g/mol. The van der Waals surface area contributed by atoms with Crippen LogP contribution in [0.2, 0.25) is 0 Å². The van der Waals surface area contributed by atoms with Gasteiger partial charge >= 0.3 is 5.97 Å². The zero-order chi connectivity index (χ0) is 70.1. The number of carbonyl (C=O) groups excluding carboxylic acids is 2. The molecule has 0 aromatic heterocycles. The number of rotatable bonds is 75. The Labute approximate surface area is 598 Å². The fraction of sp³-hybridized carbons (Fsp3) is 0.860. The average Bonchev–Trinajstić information content (AvgIpc) is 1.20. The van der Waals surface area contributed by atoms with E-state index in [9.17, 15) is 35.1 Å². The van der Waals surface area contributed by atoms with Gasteiger partial charge in [-0.15, -0.1) is 0 Å². The monoisotopic (exact) mass is 1370 g/mol. The first-order valence-electron chi connectivity index (χ1n) is 42.1. The van der Waals surface area contributed by atoms with E-state index in [2.05, 4.69) is 67.8 Å². The Bertz CT molecular complexity index is 1800. The van der Waals surface area contributed by atoms with Gasteiger partial charge in [-0.25, -0.2) is 0 Å². The van der Waals surface area contributed by atoms with Crippen molar-refractivity contribution in [3.63, 3.8) is 0 Å². The largest absolute Gasteiger partial charge is 0.466 e. The minimum absolute atomic E-state index is 0.000795. The predicted octanol–water partition coefficient (Wildman–Crippen LogP) is 23.2. The second kappa shape index (κ2) is 74.5. The van der Waals surface area contributed by atoms with Crippen LogP contribution in [0.15, 0.2) is 60.8 Å².